The van der Waals surface area contributed by atoms with E-state index < -0.39 is 17.7 Å². The number of carbonyl (C=O) groups excluding carboxylic acids is 1. The minimum Gasteiger partial charge on any atom is -0.349 e. The predicted molar refractivity (Wildman–Crippen MR) is 68.7 cm³/mol. The lowest BCUT2D eigenvalue weighted by Gasteiger charge is -2.15. The summed E-state index contributed by atoms with van der Waals surface area (Å²) in [6.45, 7) is 2.08. The molecule has 0 heterocycles. The average Bonchev–Trinajstić information content (AvgIpc) is 2.26. The summed E-state index contributed by atoms with van der Waals surface area (Å²) in [6, 6.07) is 2.97. The molecule has 0 spiro atoms. The largest absolute Gasteiger partial charge is 0.349 e. The lowest BCUT2D eigenvalue weighted by molar-refractivity contribution is -0.121. The van der Waals surface area contributed by atoms with Crippen molar-refractivity contribution in [3.05, 3.63) is 35.4 Å². The van der Waals surface area contributed by atoms with Gasteiger partial charge in [-0.1, -0.05) is 6.07 Å². The number of halogens is 3. The second-order valence-corrected chi connectivity index (χ2v) is 3.78. The molecule has 0 radical (unpaired) electrons. The van der Waals surface area contributed by atoms with Gasteiger partial charge in [0.15, 0.2) is 0 Å². The van der Waals surface area contributed by atoms with E-state index in [1.165, 1.54) is 18.2 Å². The summed E-state index contributed by atoms with van der Waals surface area (Å²) in [6.07, 6.45) is 0.275. The molecule has 0 saturated carbocycles. The number of hydrogen-bond donors (Lipinski definition) is 2. The number of carbonyl (C=O) groups is 1. The maximum absolute atomic E-state index is 13.4. The molecule has 0 fully saturated rings. The van der Waals surface area contributed by atoms with Crippen molar-refractivity contribution in [2.75, 3.05) is 13.6 Å². The smallest absolute Gasteiger partial charge is 0.221 e. The molecular weight excluding hydrogens is 262 g/mol. The SMILES string of the molecule is CNCCC(=O)NC(C)c1c(F)cccc1F.Cl. The third-order valence-electron chi connectivity index (χ3n) is 2.41. The molecule has 6 heteroatoms. The van der Waals surface area contributed by atoms with Crippen molar-refractivity contribution in [1.29, 1.82) is 0 Å². The summed E-state index contributed by atoms with van der Waals surface area (Å²) >= 11 is 0. The zero-order valence-electron chi connectivity index (χ0n) is 10.3. The molecular formula is C12H17ClF2N2O. The Kier molecular flexibility index (Phi) is 7.47. The first kappa shape index (κ1) is 16.8. The third-order valence-corrected chi connectivity index (χ3v) is 2.41. The number of rotatable bonds is 5. The fraction of sp³-hybridized carbons (Fsp3) is 0.417. The molecule has 1 atom stereocenters. The Morgan fingerprint density at radius 1 is 1.33 bits per heavy atom. The highest BCUT2D eigenvalue weighted by Crippen LogP contribution is 2.20. The molecule has 0 bridgehead atoms. The van der Waals surface area contributed by atoms with Crippen molar-refractivity contribution >= 4 is 18.3 Å². The highest BCUT2D eigenvalue weighted by Gasteiger charge is 2.17. The highest BCUT2D eigenvalue weighted by molar-refractivity contribution is 5.85. The lowest BCUT2D eigenvalue weighted by atomic mass is 10.1. The van der Waals surface area contributed by atoms with Crippen LogP contribution in [-0.4, -0.2) is 19.5 Å². The molecule has 1 amide bonds. The van der Waals surface area contributed by atoms with E-state index >= 15 is 0 Å². The van der Waals surface area contributed by atoms with Gasteiger partial charge in [0.25, 0.3) is 0 Å². The van der Waals surface area contributed by atoms with E-state index in [-0.39, 0.29) is 30.3 Å². The molecule has 0 saturated heterocycles. The normalized spacial score (nSPS) is 11.6. The van der Waals surface area contributed by atoms with Crippen molar-refractivity contribution in [2.45, 2.75) is 19.4 Å². The van der Waals surface area contributed by atoms with Crippen LogP contribution in [0.1, 0.15) is 24.9 Å². The van der Waals surface area contributed by atoms with Crippen LogP contribution in [0.5, 0.6) is 0 Å². The van der Waals surface area contributed by atoms with Crippen molar-refractivity contribution in [3.63, 3.8) is 0 Å². The molecule has 0 aromatic heterocycles. The first-order valence-corrected chi connectivity index (χ1v) is 5.44. The van der Waals surface area contributed by atoms with Crippen LogP contribution in [0.2, 0.25) is 0 Å². The quantitative estimate of drug-likeness (QED) is 0.867. The van der Waals surface area contributed by atoms with Crippen molar-refractivity contribution in [1.82, 2.24) is 10.6 Å². The second-order valence-electron chi connectivity index (χ2n) is 3.78. The summed E-state index contributed by atoms with van der Waals surface area (Å²) in [7, 11) is 1.73. The van der Waals surface area contributed by atoms with Crippen LogP contribution >= 0.6 is 12.4 Å². The number of amides is 1. The Morgan fingerprint density at radius 2 is 1.89 bits per heavy atom. The van der Waals surface area contributed by atoms with E-state index in [9.17, 15) is 13.6 Å². The summed E-state index contributed by atoms with van der Waals surface area (Å²) < 4.78 is 26.8. The number of benzene rings is 1. The van der Waals surface area contributed by atoms with Gasteiger partial charge in [-0.2, -0.15) is 0 Å². The summed E-state index contributed by atoms with van der Waals surface area (Å²) in [4.78, 5) is 11.4. The number of nitrogens with one attached hydrogen (secondary N) is 2. The van der Waals surface area contributed by atoms with Crippen LogP contribution in [0.4, 0.5) is 8.78 Å². The Hall–Kier alpha value is -1.20. The van der Waals surface area contributed by atoms with Crippen LogP contribution < -0.4 is 10.6 Å². The topological polar surface area (TPSA) is 41.1 Å². The minimum absolute atomic E-state index is 0. The van der Waals surface area contributed by atoms with Gasteiger partial charge in [-0.3, -0.25) is 4.79 Å². The van der Waals surface area contributed by atoms with Gasteiger partial charge < -0.3 is 10.6 Å². The zero-order valence-corrected chi connectivity index (χ0v) is 11.1. The summed E-state index contributed by atoms with van der Waals surface area (Å²) in [5.41, 5.74) is -0.106. The Morgan fingerprint density at radius 3 is 2.39 bits per heavy atom. The maximum Gasteiger partial charge on any atom is 0.221 e. The minimum atomic E-state index is -0.680. The average molecular weight is 279 g/mol. The van der Waals surface area contributed by atoms with Crippen molar-refractivity contribution in [2.24, 2.45) is 0 Å². The second kappa shape index (κ2) is 8.00. The van der Waals surface area contributed by atoms with Crippen LogP contribution in [0.3, 0.4) is 0 Å². The molecule has 1 aromatic carbocycles. The zero-order chi connectivity index (χ0) is 12.8. The standard InChI is InChI=1S/C12H16F2N2O.ClH/c1-8(16-11(17)6-7-15-2)12-9(13)4-3-5-10(12)14;/h3-5,8,15H,6-7H2,1-2H3,(H,16,17);1H. The van der Waals surface area contributed by atoms with Gasteiger partial charge in [0.2, 0.25) is 5.91 Å². The van der Waals surface area contributed by atoms with Gasteiger partial charge in [0, 0.05) is 18.5 Å². The summed E-state index contributed by atoms with van der Waals surface area (Å²) in [5.74, 6) is -1.53. The Labute approximate surface area is 111 Å². The predicted octanol–water partition coefficient (Wildman–Crippen LogP) is 2.17. The van der Waals surface area contributed by atoms with Gasteiger partial charge in [0.1, 0.15) is 11.6 Å². The number of hydrogen-bond acceptors (Lipinski definition) is 2. The molecule has 2 N–H and O–H groups in total. The monoisotopic (exact) mass is 278 g/mol. The molecule has 1 aromatic rings. The van der Waals surface area contributed by atoms with Gasteiger partial charge in [-0.05, 0) is 26.1 Å². The van der Waals surface area contributed by atoms with Crippen molar-refractivity contribution < 1.29 is 13.6 Å². The molecule has 3 nitrogen and oxygen atoms in total. The van der Waals surface area contributed by atoms with E-state index in [0.29, 0.717) is 6.54 Å². The first-order valence-electron chi connectivity index (χ1n) is 5.44. The van der Waals surface area contributed by atoms with Gasteiger partial charge in [-0.15, -0.1) is 12.4 Å². The van der Waals surface area contributed by atoms with Crippen molar-refractivity contribution in [3.8, 4) is 0 Å². The highest BCUT2D eigenvalue weighted by atomic mass is 35.5. The first-order chi connectivity index (χ1) is 8.06. The maximum atomic E-state index is 13.4. The Bertz CT molecular complexity index is 381. The molecule has 0 aliphatic carbocycles. The fourth-order valence-corrected chi connectivity index (χ4v) is 1.55. The third kappa shape index (κ3) is 4.58. The van der Waals surface area contributed by atoms with E-state index in [4.69, 9.17) is 0 Å². The molecule has 1 unspecified atom stereocenters. The fourth-order valence-electron chi connectivity index (χ4n) is 1.55. The van der Waals surface area contributed by atoms with Gasteiger partial charge in [-0.25, -0.2) is 8.78 Å². The lowest BCUT2D eigenvalue weighted by Crippen LogP contribution is -2.30. The summed E-state index contributed by atoms with van der Waals surface area (Å²) in [5, 5.41) is 5.38. The molecule has 102 valence electrons. The molecule has 0 aliphatic rings. The Balaban J connectivity index is 0.00000289. The van der Waals surface area contributed by atoms with E-state index in [1.54, 1.807) is 14.0 Å². The van der Waals surface area contributed by atoms with E-state index in [2.05, 4.69) is 10.6 Å². The van der Waals surface area contributed by atoms with Gasteiger partial charge >= 0.3 is 0 Å². The van der Waals surface area contributed by atoms with Crippen LogP contribution in [-0.2, 0) is 4.79 Å². The molecule has 18 heavy (non-hydrogen) atoms. The van der Waals surface area contributed by atoms with Gasteiger partial charge in [0.05, 0.1) is 6.04 Å². The van der Waals surface area contributed by atoms with Crippen LogP contribution in [0.15, 0.2) is 18.2 Å². The molecule has 1 rings (SSSR count). The molecule has 0 aliphatic heterocycles. The van der Waals surface area contributed by atoms with E-state index in [1.807, 2.05) is 0 Å². The van der Waals surface area contributed by atoms with E-state index in [0.717, 1.165) is 0 Å². The van der Waals surface area contributed by atoms with Crippen LogP contribution in [0, 0.1) is 11.6 Å². The van der Waals surface area contributed by atoms with Crippen LogP contribution in [0.25, 0.3) is 0 Å².